The Morgan fingerprint density at radius 3 is 2.03 bits per heavy atom. The average Bonchev–Trinajstić information content (AvgIpc) is 3.07. The maximum Gasteiger partial charge on any atom is 0.407 e. The van der Waals surface area contributed by atoms with Crippen molar-refractivity contribution in [3.63, 3.8) is 0 Å². The molecule has 0 saturated heterocycles. The fourth-order valence-corrected chi connectivity index (χ4v) is 3.87. The molecule has 0 radical (unpaired) electrons. The number of alkyl carbamates (subject to hydrolysis) is 1. The van der Waals surface area contributed by atoms with E-state index in [-0.39, 0.29) is 25.0 Å². The van der Waals surface area contributed by atoms with Crippen molar-refractivity contribution in [2.24, 2.45) is 11.3 Å². The lowest BCUT2D eigenvalue weighted by Crippen LogP contribution is -2.52. The highest BCUT2D eigenvalue weighted by atomic mass is 16.5. The summed E-state index contributed by atoms with van der Waals surface area (Å²) in [7, 11) is 0. The minimum atomic E-state index is -1.09. The van der Waals surface area contributed by atoms with E-state index in [0.29, 0.717) is 0 Å². The molecule has 0 aromatic heterocycles. The minimum Gasteiger partial charge on any atom is -0.480 e. The summed E-state index contributed by atoms with van der Waals surface area (Å²) in [5.41, 5.74) is 3.53. The Hall–Kier alpha value is -3.35. The molecular weight excluding hydrogens is 408 g/mol. The Balaban J connectivity index is 1.57. The van der Waals surface area contributed by atoms with Gasteiger partial charge in [-0.15, -0.1) is 0 Å². The molecule has 32 heavy (non-hydrogen) atoms. The van der Waals surface area contributed by atoms with Crippen LogP contribution in [0.25, 0.3) is 11.1 Å². The van der Waals surface area contributed by atoms with Gasteiger partial charge in [-0.1, -0.05) is 62.4 Å². The van der Waals surface area contributed by atoms with Crippen LogP contribution in [0, 0.1) is 11.3 Å². The molecule has 1 atom stereocenters. The molecule has 170 valence electrons. The van der Waals surface area contributed by atoms with Gasteiger partial charge in [0.15, 0.2) is 0 Å². The molecule has 1 unspecified atom stereocenters. The van der Waals surface area contributed by atoms with E-state index >= 15 is 0 Å². The van der Waals surface area contributed by atoms with Crippen LogP contribution in [0.5, 0.6) is 0 Å². The van der Waals surface area contributed by atoms with Crippen LogP contribution in [0.15, 0.2) is 48.5 Å². The van der Waals surface area contributed by atoms with E-state index in [1.165, 1.54) is 0 Å². The van der Waals surface area contributed by atoms with E-state index in [0.717, 1.165) is 22.3 Å². The molecule has 1 aliphatic carbocycles. The number of carboxylic acids is 1. The van der Waals surface area contributed by atoms with Crippen molar-refractivity contribution < 1.29 is 24.2 Å². The predicted octanol–water partition coefficient (Wildman–Crippen LogP) is 3.78. The van der Waals surface area contributed by atoms with Gasteiger partial charge in [0.1, 0.15) is 12.6 Å². The highest BCUT2D eigenvalue weighted by Gasteiger charge is 2.34. The zero-order valence-electron chi connectivity index (χ0n) is 18.8. The van der Waals surface area contributed by atoms with Gasteiger partial charge in [0.25, 0.3) is 0 Å². The van der Waals surface area contributed by atoms with E-state index in [1.54, 1.807) is 27.7 Å². The predicted molar refractivity (Wildman–Crippen MR) is 121 cm³/mol. The number of hydrogen-bond acceptors (Lipinski definition) is 4. The zero-order valence-corrected chi connectivity index (χ0v) is 18.8. The van der Waals surface area contributed by atoms with Gasteiger partial charge in [0.2, 0.25) is 5.91 Å². The van der Waals surface area contributed by atoms with E-state index in [4.69, 9.17) is 4.74 Å². The number of carboxylic acid groups (broad SMARTS) is 1. The van der Waals surface area contributed by atoms with Crippen LogP contribution in [-0.2, 0) is 14.3 Å². The number of carbonyl (C=O) groups excluding carboxylic acids is 2. The van der Waals surface area contributed by atoms with Gasteiger partial charge in [-0.25, -0.2) is 9.59 Å². The molecular formula is C25H30N2O5. The molecule has 2 amide bonds. The smallest absolute Gasteiger partial charge is 0.407 e. The van der Waals surface area contributed by atoms with E-state index in [9.17, 15) is 19.5 Å². The summed E-state index contributed by atoms with van der Waals surface area (Å²) in [5, 5.41) is 14.5. The zero-order chi connectivity index (χ0) is 23.5. The van der Waals surface area contributed by atoms with Gasteiger partial charge in [-0.3, -0.25) is 4.79 Å². The molecule has 0 spiro atoms. The fraction of sp³-hybridized carbons (Fsp3) is 0.400. The Kier molecular flexibility index (Phi) is 6.87. The quantitative estimate of drug-likeness (QED) is 0.582. The Morgan fingerprint density at radius 2 is 1.53 bits per heavy atom. The molecule has 3 rings (SSSR count). The highest BCUT2D eigenvalue weighted by Crippen LogP contribution is 2.44. The molecule has 0 saturated carbocycles. The second-order valence-electron chi connectivity index (χ2n) is 9.10. The third kappa shape index (κ3) is 4.93. The monoisotopic (exact) mass is 438 g/mol. The van der Waals surface area contributed by atoms with E-state index < -0.39 is 29.4 Å². The fourth-order valence-electron chi connectivity index (χ4n) is 3.87. The van der Waals surface area contributed by atoms with Gasteiger partial charge in [0, 0.05) is 12.5 Å². The molecule has 0 aliphatic heterocycles. The first-order chi connectivity index (χ1) is 15.1. The number of fused-ring (bicyclic) bond motifs is 3. The second-order valence-corrected chi connectivity index (χ2v) is 9.10. The van der Waals surface area contributed by atoms with Crippen molar-refractivity contribution in [1.82, 2.24) is 10.6 Å². The molecule has 2 aromatic carbocycles. The molecule has 3 N–H and O–H groups in total. The lowest BCUT2D eigenvalue weighted by molar-refractivity contribution is -0.144. The maximum absolute atomic E-state index is 12.6. The normalized spacial score (nSPS) is 13.8. The number of benzene rings is 2. The van der Waals surface area contributed by atoms with Crippen molar-refractivity contribution in [1.29, 1.82) is 0 Å². The summed E-state index contributed by atoms with van der Waals surface area (Å²) in [6.07, 6.45) is -0.619. The number of hydrogen-bond donors (Lipinski definition) is 3. The van der Waals surface area contributed by atoms with Crippen LogP contribution in [-0.4, -0.2) is 42.3 Å². The number of ether oxygens (including phenoxy) is 1. The lowest BCUT2D eigenvalue weighted by atomic mass is 9.91. The average molecular weight is 439 g/mol. The molecule has 0 bridgehead atoms. The number of aliphatic carboxylic acids is 1. The topological polar surface area (TPSA) is 105 Å². The van der Waals surface area contributed by atoms with Gasteiger partial charge in [0.05, 0.1) is 5.41 Å². The second kappa shape index (κ2) is 9.42. The highest BCUT2D eigenvalue weighted by molar-refractivity contribution is 5.87. The third-order valence-electron chi connectivity index (χ3n) is 5.85. The van der Waals surface area contributed by atoms with Gasteiger partial charge in [-0.05, 0) is 42.0 Å². The largest absolute Gasteiger partial charge is 0.480 e. The van der Waals surface area contributed by atoms with Gasteiger partial charge < -0.3 is 20.5 Å². The Labute approximate surface area is 188 Å². The first-order valence-electron chi connectivity index (χ1n) is 10.7. The maximum atomic E-state index is 12.6. The van der Waals surface area contributed by atoms with Gasteiger partial charge >= 0.3 is 12.1 Å². The SMILES string of the molecule is CC(C)C(NC(=O)C(C)(C)CNC(=O)OCC1c2ccccc2-c2ccccc21)C(=O)O. The van der Waals surface area contributed by atoms with Gasteiger partial charge in [-0.2, -0.15) is 0 Å². The number of amides is 2. The molecule has 2 aromatic rings. The van der Waals surface area contributed by atoms with Crippen LogP contribution in [0.4, 0.5) is 4.79 Å². The third-order valence-corrected chi connectivity index (χ3v) is 5.85. The minimum absolute atomic E-state index is 0.0138. The summed E-state index contributed by atoms with van der Waals surface area (Å²) in [4.78, 5) is 36.3. The summed E-state index contributed by atoms with van der Waals surface area (Å²) in [5.74, 6) is -1.85. The van der Waals surface area contributed by atoms with E-state index in [2.05, 4.69) is 22.8 Å². The van der Waals surface area contributed by atoms with Crippen molar-refractivity contribution in [2.45, 2.75) is 39.7 Å². The first-order valence-corrected chi connectivity index (χ1v) is 10.7. The molecule has 1 aliphatic rings. The summed E-state index contributed by atoms with van der Waals surface area (Å²) >= 11 is 0. The van der Waals surface area contributed by atoms with E-state index in [1.807, 2.05) is 36.4 Å². The van der Waals surface area contributed by atoms with Crippen molar-refractivity contribution in [3.8, 4) is 11.1 Å². The van der Waals surface area contributed by atoms with Crippen LogP contribution in [0.1, 0.15) is 44.7 Å². The van der Waals surface area contributed by atoms with Crippen molar-refractivity contribution >= 4 is 18.0 Å². The molecule has 0 fully saturated rings. The summed E-state index contributed by atoms with van der Waals surface area (Å²) < 4.78 is 5.50. The Morgan fingerprint density at radius 1 is 1.00 bits per heavy atom. The number of rotatable bonds is 8. The van der Waals surface area contributed by atoms with Crippen LogP contribution in [0.3, 0.4) is 0 Å². The van der Waals surface area contributed by atoms with Crippen molar-refractivity contribution in [2.75, 3.05) is 13.2 Å². The van der Waals surface area contributed by atoms with Crippen LogP contribution in [0.2, 0.25) is 0 Å². The number of carbonyl (C=O) groups is 3. The summed E-state index contributed by atoms with van der Waals surface area (Å²) in [6.45, 7) is 6.93. The molecule has 0 heterocycles. The van der Waals surface area contributed by atoms with Crippen LogP contribution >= 0.6 is 0 Å². The molecule has 7 nitrogen and oxygen atoms in total. The Bertz CT molecular complexity index is 969. The lowest BCUT2D eigenvalue weighted by Gasteiger charge is -2.27. The first kappa shape index (κ1) is 23.3. The van der Waals surface area contributed by atoms with Crippen LogP contribution < -0.4 is 10.6 Å². The standard InChI is InChI=1S/C25H30N2O5/c1-15(2)21(22(28)29)27-23(30)25(3,4)14-26-24(31)32-13-20-18-11-7-5-9-16(18)17-10-6-8-12-19(17)20/h5-12,15,20-21H,13-14H2,1-4H3,(H,26,31)(H,27,30)(H,28,29). The summed E-state index contributed by atoms with van der Waals surface area (Å²) in [6, 6.07) is 15.2. The molecule has 7 heteroatoms. The van der Waals surface area contributed by atoms with Crippen molar-refractivity contribution in [3.05, 3.63) is 59.7 Å². The number of nitrogens with one attached hydrogen (secondary N) is 2.